The van der Waals surface area contributed by atoms with Gasteiger partial charge in [-0.1, -0.05) is 18.5 Å². The van der Waals surface area contributed by atoms with Crippen molar-refractivity contribution in [2.24, 2.45) is 0 Å². The Morgan fingerprint density at radius 3 is 2.00 bits per heavy atom. The van der Waals surface area contributed by atoms with Crippen LogP contribution in [0.1, 0.15) is 18.9 Å². The molecule has 1 aromatic rings. The van der Waals surface area contributed by atoms with Crippen LogP contribution in [0.2, 0.25) is 0 Å². The van der Waals surface area contributed by atoms with Crippen LogP contribution >= 0.6 is 11.6 Å². The van der Waals surface area contributed by atoms with Gasteiger partial charge in [-0.25, -0.2) is 23.0 Å². The van der Waals surface area contributed by atoms with E-state index in [-0.39, 0.29) is 11.5 Å². The van der Waals surface area contributed by atoms with E-state index >= 15 is 0 Å². The van der Waals surface area contributed by atoms with E-state index in [1.165, 1.54) is 25.2 Å². The third-order valence-corrected chi connectivity index (χ3v) is 5.71. The summed E-state index contributed by atoms with van der Waals surface area (Å²) in [5.41, 5.74) is -0.497. The van der Waals surface area contributed by atoms with Crippen molar-refractivity contribution in [1.82, 2.24) is 15.8 Å². The highest BCUT2D eigenvalue weighted by atomic mass is 35.5. The van der Waals surface area contributed by atoms with Gasteiger partial charge in [0.05, 0.1) is 5.03 Å². The number of halogens is 13. The number of nitrogens with zero attached hydrogens (tertiary/aromatic N) is 1. The molecule has 0 saturated heterocycles. The van der Waals surface area contributed by atoms with Crippen LogP contribution in [0.25, 0.3) is 0 Å². The summed E-state index contributed by atoms with van der Waals surface area (Å²) in [4.78, 5) is 12.6. The van der Waals surface area contributed by atoms with Crippen molar-refractivity contribution in [3.63, 3.8) is 0 Å². The van der Waals surface area contributed by atoms with Gasteiger partial charge >= 0.3 is 24.2 Å². The second-order valence-electron chi connectivity index (χ2n) is 7.70. The fourth-order valence-corrected chi connectivity index (χ4v) is 3.54. The first-order valence-corrected chi connectivity index (χ1v) is 10.2. The van der Waals surface area contributed by atoms with Crippen LogP contribution in [0.5, 0.6) is 5.75 Å². The first kappa shape index (κ1) is 30.7. The van der Waals surface area contributed by atoms with Gasteiger partial charge in [0.1, 0.15) is 0 Å². The summed E-state index contributed by atoms with van der Waals surface area (Å²) in [6.07, 6.45) is -4.00. The predicted octanol–water partition coefficient (Wildman–Crippen LogP) is 5.09. The molecular weight excluding hydrogens is 566 g/mol. The molecular formula is C19H16ClF12N3O2. The molecule has 0 bridgehead atoms. The monoisotopic (exact) mass is 581 g/mol. The number of hydrogen-bond donors (Lipinski definition) is 2. The quantitative estimate of drug-likeness (QED) is 0.299. The number of amides is 1. The zero-order valence-electron chi connectivity index (χ0n) is 18.5. The van der Waals surface area contributed by atoms with E-state index in [1.807, 2.05) is 5.32 Å². The van der Waals surface area contributed by atoms with E-state index in [2.05, 4.69) is 10.2 Å². The van der Waals surface area contributed by atoms with E-state index in [9.17, 15) is 57.5 Å². The number of rotatable bonds is 10. The Labute approximate surface area is 205 Å². The zero-order chi connectivity index (χ0) is 28.7. The van der Waals surface area contributed by atoms with Crippen molar-refractivity contribution in [2.75, 3.05) is 13.7 Å². The molecule has 1 aliphatic heterocycles. The molecule has 18 heteroatoms. The van der Waals surface area contributed by atoms with E-state index in [1.54, 1.807) is 0 Å². The Morgan fingerprint density at radius 2 is 1.59 bits per heavy atom. The molecule has 2 rings (SSSR count). The van der Waals surface area contributed by atoms with Gasteiger partial charge in [-0.05, 0) is 6.42 Å². The lowest BCUT2D eigenvalue weighted by Gasteiger charge is -2.32. The number of benzene rings is 1. The largest absolute Gasteiger partial charge is 0.481 e. The number of hydrazine groups is 1. The summed E-state index contributed by atoms with van der Waals surface area (Å²) in [6.45, 7) is -2.82. The fourth-order valence-electron chi connectivity index (χ4n) is 3.13. The molecule has 5 nitrogen and oxygen atoms in total. The minimum atomic E-state index is -6.80. The number of alkyl halides is 8. The molecule has 0 saturated carbocycles. The second-order valence-corrected chi connectivity index (χ2v) is 8.10. The summed E-state index contributed by atoms with van der Waals surface area (Å²) < 4.78 is 165. The zero-order valence-corrected chi connectivity index (χ0v) is 19.2. The molecule has 1 amide bonds. The molecule has 1 heterocycles. The van der Waals surface area contributed by atoms with Gasteiger partial charge in [0, 0.05) is 25.4 Å². The number of hydrogen-bond acceptors (Lipinski definition) is 4. The van der Waals surface area contributed by atoms with Crippen LogP contribution in [-0.4, -0.2) is 54.3 Å². The normalized spacial score (nSPS) is 18.9. The molecule has 37 heavy (non-hydrogen) atoms. The number of ether oxygens (including phenoxy) is 1. The molecule has 1 aromatic carbocycles. The Balaban J connectivity index is 2.29. The first-order chi connectivity index (χ1) is 16.8. The summed E-state index contributed by atoms with van der Waals surface area (Å²) >= 11 is 6.00. The standard InChI is InChI=1S/C19H16ClF12N3O2/c1-3-16(8(20)5-35(2)34-16)15(36)33-4-7-9(21)11(23)13(12(24)10(7)22)37-6-17(27,28)19(31,32)18(29,30)14(25)26/h5,14,34H,3-4,6H2,1-2H3,(H,33,36). The smallest absolute Gasteiger partial charge is 0.381 e. The molecule has 1 aliphatic rings. The van der Waals surface area contributed by atoms with Crippen LogP contribution in [0.3, 0.4) is 0 Å². The molecule has 210 valence electrons. The molecule has 0 aliphatic carbocycles. The molecule has 0 radical (unpaired) electrons. The van der Waals surface area contributed by atoms with Crippen LogP contribution in [0.4, 0.5) is 52.7 Å². The minimum Gasteiger partial charge on any atom is -0.481 e. The van der Waals surface area contributed by atoms with E-state index in [0.29, 0.717) is 0 Å². The SMILES string of the molecule is CCC1(C(=O)NCc2c(F)c(F)c(OCC(F)(F)C(F)(F)C(F)(F)C(F)F)c(F)c2F)NN(C)C=C1Cl. The highest BCUT2D eigenvalue weighted by Crippen LogP contribution is 2.48. The highest BCUT2D eigenvalue weighted by Gasteiger charge is 2.75. The Bertz CT molecular complexity index is 1060. The highest BCUT2D eigenvalue weighted by molar-refractivity contribution is 6.33. The number of carbonyl (C=O) groups excluding carboxylic acids is 1. The maximum atomic E-state index is 14.4. The summed E-state index contributed by atoms with van der Waals surface area (Å²) in [7, 11) is 1.45. The van der Waals surface area contributed by atoms with Gasteiger partial charge in [-0.2, -0.15) is 35.1 Å². The minimum absolute atomic E-state index is 0.0115. The van der Waals surface area contributed by atoms with Gasteiger partial charge in [-0.3, -0.25) is 4.79 Å². The van der Waals surface area contributed by atoms with Gasteiger partial charge in [0.15, 0.2) is 29.5 Å². The summed E-state index contributed by atoms with van der Waals surface area (Å²) in [5.74, 6) is -32.7. The lowest BCUT2D eigenvalue weighted by molar-refractivity contribution is -0.342. The molecule has 1 atom stereocenters. The average molecular weight is 582 g/mol. The predicted molar refractivity (Wildman–Crippen MR) is 102 cm³/mol. The van der Waals surface area contributed by atoms with Gasteiger partial charge in [0.2, 0.25) is 17.5 Å². The Morgan fingerprint density at radius 1 is 1.08 bits per heavy atom. The van der Waals surface area contributed by atoms with Gasteiger partial charge in [-0.15, -0.1) is 0 Å². The summed E-state index contributed by atoms with van der Waals surface area (Å²) in [6, 6.07) is 0. The van der Waals surface area contributed by atoms with Crippen molar-refractivity contribution in [1.29, 1.82) is 0 Å². The Kier molecular flexibility index (Phi) is 8.54. The van der Waals surface area contributed by atoms with Crippen LogP contribution in [0.15, 0.2) is 11.2 Å². The topological polar surface area (TPSA) is 53.6 Å². The molecule has 1 unspecified atom stereocenters. The number of carbonyl (C=O) groups is 1. The summed E-state index contributed by atoms with van der Waals surface area (Å²) in [5, 5.41) is 3.17. The second kappa shape index (κ2) is 10.3. The Hall–Kier alpha value is -2.56. The van der Waals surface area contributed by atoms with E-state index in [4.69, 9.17) is 11.6 Å². The van der Waals surface area contributed by atoms with Gasteiger partial charge < -0.3 is 15.1 Å². The average Bonchev–Trinajstić information content (AvgIpc) is 3.10. The van der Waals surface area contributed by atoms with Gasteiger partial charge in [0.25, 0.3) is 0 Å². The van der Waals surface area contributed by atoms with Crippen LogP contribution in [-0.2, 0) is 11.3 Å². The van der Waals surface area contributed by atoms with Crippen molar-refractivity contribution < 1.29 is 62.2 Å². The molecule has 0 spiro atoms. The molecule has 0 aromatic heterocycles. The lowest BCUT2D eigenvalue weighted by Crippen LogP contribution is -2.59. The molecule has 0 fully saturated rings. The number of nitrogens with one attached hydrogen (secondary N) is 2. The third-order valence-electron chi connectivity index (χ3n) is 5.29. The van der Waals surface area contributed by atoms with Crippen molar-refractivity contribution in [2.45, 2.75) is 49.6 Å². The van der Waals surface area contributed by atoms with E-state index < -0.39 is 83.4 Å². The van der Waals surface area contributed by atoms with Crippen LogP contribution < -0.4 is 15.5 Å². The van der Waals surface area contributed by atoms with E-state index in [0.717, 1.165) is 0 Å². The van der Waals surface area contributed by atoms with Crippen LogP contribution in [0, 0.1) is 23.3 Å². The van der Waals surface area contributed by atoms with Crippen molar-refractivity contribution in [3.8, 4) is 5.75 Å². The van der Waals surface area contributed by atoms with Crippen molar-refractivity contribution >= 4 is 17.5 Å². The van der Waals surface area contributed by atoms with Crippen molar-refractivity contribution in [3.05, 3.63) is 40.1 Å². The fraction of sp³-hybridized carbons (Fsp3) is 0.526. The third kappa shape index (κ3) is 5.11. The lowest BCUT2D eigenvalue weighted by atomic mass is 9.96. The molecule has 2 N–H and O–H groups in total. The maximum Gasteiger partial charge on any atom is 0.381 e. The first-order valence-electron chi connectivity index (χ1n) is 9.84. The maximum absolute atomic E-state index is 14.4.